The van der Waals surface area contributed by atoms with Crippen LogP contribution < -0.4 is 26.2 Å². The molecule has 9 N–H and O–H groups in total. The molecule has 2 aromatic carbocycles. The lowest BCUT2D eigenvalue weighted by Crippen LogP contribution is -2.47. The molecule has 2 aliphatic heterocycles. The van der Waals surface area contributed by atoms with Gasteiger partial charge in [-0.1, -0.05) is 42.5 Å². The van der Waals surface area contributed by atoms with Gasteiger partial charge >= 0.3 is 12.1 Å². The Bertz CT molecular complexity index is 1960. The van der Waals surface area contributed by atoms with Crippen molar-refractivity contribution in [3.63, 3.8) is 0 Å². The lowest BCUT2D eigenvalue weighted by atomic mass is 10.1. The number of hydrogen-bond acceptors (Lipinski definition) is 13. The number of anilines is 2. The molecule has 3 fully saturated rings. The number of phenols is 1. The van der Waals surface area contributed by atoms with Crippen LogP contribution in [0, 0.1) is 0 Å². The fourth-order valence-electron chi connectivity index (χ4n) is 7.29. The second-order valence-corrected chi connectivity index (χ2v) is 13.6. The summed E-state index contributed by atoms with van der Waals surface area (Å²) in [5.41, 5.74) is 2.37. The number of imidazole rings is 1. The zero-order valence-corrected chi connectivity index (χ0v) is 28.6. The fraction of sp³-hybridized carbons (Fsp3) is 0.429. The zero-order valence-electron chi connectivity index (χ0n) is 28.6. The maximum Gasteiger partial charge on any atom is 0.325 e. The number of benzene rings is 2. The Morgan fingerprint density at radius 1 is 1.00 bits per heavy atom. The van der Waals surface area contributed by atoms with E-state index in [0.29, 0.717) is 48.9 Å². The van der Waals surface area contributed by atoms with Crippen molar-refractivity contribution < 1.29 is 39.9 Å². The second kappa shape index (κ2) is 15.2. The number of carbonyl (C=O) groups excluding carboxylic acids is 3. The highest BCUT2D eigenvalue weighted by molar-refractivity contribution is 6.04. The maximum absolute atomic E-state index is 12.9. The first-order valence-electron chi connectivity index (χ1n) is 17.5. The number of aromatic hydroxyl groups is 1. The standard InChI is InChI=1S/C35H42N10O8/c46-16-22(11-19-5-2-1-3-6-19)38-30-27-31(44(18-37-27)25-13-26(29(50)28(25)49)45-32(51)24(17-47)40-35(45)53)42-33(41-30)43-10-9-21(15-43)39-34(52)36-14-20-7-4-8-23(48)12-20/h1-8,12,18,21-22,24-26,28-29,46-50H,9-11,13-17H2,(H,40,53)(H2,36,39,52)(H,38,41,42)/t21-,22+,24?,25-,26+,28+,29-/m1/s1. The van der Waals surface area contributed by atoms with Crippen LogP contribution in [0.4, 0.5) is 21.4 Å². The average Bonchev–Trinajstić information content (AvgIpc) is 3.93. The Hall–Kier alpha value is -5.56. The predicted molar refractivity (Wildman–Crippen MR) is 190 cm³/mol. The number of imide groups is 1. The van der Waals surface area contributed by atoms with E-state index in [-0.39, 0.29) is 37.4 Å². The van der Waals surface area contributed by atoms with Crippen LogP contribution in [0.3, 0.4) is 0 Å². The number of amides is 5. The molecule has 4 aromatic rings. The molecule has 1 aliphatic carbocycles. The summed E-state index contributed by atoms with van der Waals surface area (Å²) in [4.78, 5) is 55.3. The van der Waals surface area contributed by atoms with Crippen LogP contribution in [0.25, 0.3) is 11.2 Å². The third-order valence-corrected chi connectivity index (χ3v) is 10.0. The number of phenolic OH excluding ortho intramolecular Hbond substituents is 1. The number of aromatic nitrogens is 4. The monoisotopic (exact) mass is 730 g/mol. The molecule has 0 spiro atoms. The number of fused-ring (bicyclic) bond motifs is 1. The van der Waals surface area contributed by atoms with Crippen LogP contribution in [0.1, 0.15) is 30.0 Å². The number of aliphatic hydroxyl groups excluding tert-OH is 4. The topological polar surface area (TPSA) is 251 Å². The lowest BCUT2D eigenvalue weighted by molar-refractivity contribution is -0.131. The molecule has 3 aliphatic rings. The van der Waals surface area contributed by atoms with Gasteiger partial charge in [0, 0.05) is 25.7 Å². The summed E-state index contributed by atoms with van der Waals surface area (Å²) in [6.07, 6.45) is -0.404. The summed E-state index contributed by atoms with van der Waals surface area (Å²) in [6, 6.07) is 11.3. The molecule has 2 saturated heterocycles. The number of carbonyl (C=O) groups is 3. The van der Waals surface area contributed by atoms with Gasteiger partial charge in [0.1, 0.15) is 24.0 Å². The third kappa shape index (κ3) is 7.39. The molecule has 5 amide bonds. The minimum absolute atomic E-state index is 0.0199. The third-order valence-electron chi connectivity index (χ3n) is 10.0. The molecule has 1 saturated carbocycles. The largest absolute Gasteiger partial charge is 0.508 e. The van der Waals surface area contributed by atoms with Crippen molar-refractivity contribution in [3.05, 3.63) is 72.1 Å². The van der Waals surface area contributed by atoms with E-state index >= 15 is 0 Å². The normalized spacial score (nSPS) is 24.8. The van der Waals surface area contributed by atoms with Gasteiger partial charge in [-0.15, -0.1) is 0 Å². The fourth-order valence-corrected chi connectivity index (χ4v) is 7.29. The zero-order chi connectivity index (χ0) is 37.2. The number of nitrogens with one attached hydrogen (secondary N) is 4. The van der Waals surface area contributed by atoms with Gasteiger partial charge < -0.3 is 56.3 Å². The Balaban J connectivity index is 1.15. The summed E-state index contributed by atoms with van der Waals surface area (Å²) in [6.45, 7) is 0.269. The van der Waals surface area contributed by atoms with Crippen molar-refractivity contribution >= 4 is 40.9 Å². The maximum atomic E-state index is 12.9. The molecule has 53 heavy (non-hydrogen) atoms. The van der Waals surface area contributed by atoms with Gasteiger partial charge in [-0.2, -0.15) is 9.97 Å². The van der Waals surface area contributed by atoms with Gasteiger partial charge in [-0.3, -0.25) is 9.69 Å². The molecule has 280 valence electrons. The number of hydrogen-bond donors (Lipinski definition) is 9. The van der Waals surface area contributed by atoms with Gasteiger partial charge in [-0.05, 0) is 42.5 Å². The Labute approximate surface area is 303 Å². The smallest absolute Gasteiger partial charge is 0.325 e. The van der Waals surface area contributed by atoms with Crippen LogP contribution in [0.2, 0.25) is 0 Å². The van der Waals surface area contributed by atoms with Crippen molar-refractivity contribution in [1.82, 2.24) is 40.4 Å². The molecule has 2 aromatic heterocycles. The summed E-state index contributed by atoms with van der Waals surface area (Å²) in [5.74, 6) is 0.0349. The first kappa shape index (κ1) is 35.8. The van der Waals surface area contributed by atoms with Gasteiger partial charge in [0.05, 0.1) is 37.7 Å². The van der Waals surface area contributed by atoms with E-state index in [1.165, 1.54) is 6.33 Å². The summed E-state index contributed by atoms with van der Waals surface area (Å²) in [5, 5.41) is 63.5. The first-order chi connectivity index (χ1) is 25.6. The van der Waals surface area contributed by atoms with Crippen molar-refractivity contribution in [2.24, 2.45) is 0 Å². The summed E-state index contributed by atoms with van der Waals surface area (Å²) in [7, 11) is 0. The highest BCUT2D eigenvalue weighted by atomic mass is 16.3. The molecule has 18 nitrogen and oxygen atoms in total. The van der Waals surface area contributed by atoms with Crippen molar-refractivity contribution in [3.8, 4) is 5.75 Å². The highest BCUT2D eigenvalue weighted by Gasteiger charge is 2.52. The molecule has 0 radical (unpaired) electrons. The first-order valence-corrected chi connectivity index (χ1v) is 17.5. The molecule has 18 heteroatoms. The Kier molecular flexibility index (Phi) is 10.3. The van der Waals surface area contributed by atoms with Crippen molar-refractivity contribution in [1.29, 1.82) is 0 Å². The average molecular weight is 731 g/mol. The highest BCUT2D eigenvalue weighted by Crippen LogP contribution is 2.38. The SMILES string of the molecule is O=C(NCc1cccc(O)c1)N[C@@H]1CCN(c2nc(N[C@H](CO)Cc3ccccc3)c3ncn([C@@H]4C[C@H](N5C(=O)NC(CO)C5=O)[C@@H](O)[C@H]4O)c3n2)C1. The van der Waals surface area contributed by atoms with E-state index in [0.717, 1.165) is 16.0 Å². The van der Waals surface area contributed by atoms with E-state index in [2.05, 4.69) is 26.3 Å². The van der Waals surface area contributed by atoms with Gasteiger partial charge in [0.2, 0.25) is 5.95 Å². The molecule has 1 unspecified atom stereocenters. The number of rotatable bonds is 12. The molecule has 0 bridgehead atoms. The Morgan fingerprint density at radius 3 is 2.51 bits per heavy atom. The van der Waals surface area contributed by atoms with E-state index < -0.39 is 54.9 Å². The van der Waals surface area contributed by atoms with Gasteiger partial charge in [0.25, 0.3) is 5.91 Å². The minimum atomic E-state index is -1.49. The number of urea groups is 2. The predicted octanol–water partition coefficient (Wildman–Crippen LogP) is -0.427. The quantitative estimate of drug-likeness (QED) is 0.0841. The van der Waals surface area contributed by atoms with E-state index in [4.69, 9.17) is 9.97 Å². The van der Waals surface area contributed by atoms with Crippen molar-refractivity contribution in [2.75, 3.05) is 36.5 Å². The Morgan fingerprint density at radius 2 is 1.77 bits per heavy atom. The van der Waals surface area contributed by atoms with Crippen LogP contribution in [0.15, 0.2) is 60.9 Å². The van der Waals surface area contributed by atoms with Crippen molar-refractivity contribution in [2.45, 2.75) is 68.2 Å². The second-order valence-electron chi connectivity index (χ2n) is 13.6. The molecule has 4 heterocycles. The van der Waals surface area contributed by atoms with Gasteiger partial charge in [0.15, 0.2) is 17.0 Å². The number of aliphatic hydroxyl groups is 4. The number of nitrogens with zero attached hydrogens (tertiary/aromatic N) is 6. The molecular formula is C35H42N10O8. The molecular weight excluding hydrogens is 688 g/mol. The lowest BCUT2D eigenvalue weighted by Gasteiger charge is -2.24. The summed E-state index contributed by atoms with van der Waals surface area (Å²) < 4.78 is 1.59. The molecule has 7 rings (SSSR count). The molecule has 7 atom stereocenters. The van der Waals surface area contributed by atoms with E-state index in [1.807, 2.05) is 35.2 Å². The van der Waals surface area contributed by atoms with Crippen LogP contribution in [-0.2, 0) is 17.8 Å². The van der Waals surface area contributed by atoms with E-state index in [1.54, 1.807) is 28.8 Å². The van der Waals surface area contributed by atoms with Crippen LogP contribution in [-0.4, -0.2) is 131 Å². The van der Waals surface area contributed by atoms with E-state index in [9.17, 15) is 39.9 Å². The van der Waals surface area contributed by atoms with Crippen LogP contribution in [0.5, 0.6) is 5.75 Å². The van der Waals surface area contributed by atoms with Crippen LogP contribution >= 0.6 is 0 Å². The summed E-state index contributed by atoms with van der Waals surface area (Å²) >= 11 is 0. The van der Waals surface area contributed by atoms with Gasteiger partial charge in [-0.25, -0.2) is 14.6 Å². The minimum Gasteiger partial charge on any atom is -0.508 e.